The third-order valence-corrected chi connectivity index (χ3v) is 2.93. The van der Waals surface area contributed by atoms with E-state index in [2.05, 4.69) is 19.2 Å². The van der Waals surface area contributed by atoms with Gasteiger partial charge in [0.2, 0.25) is 0 Å². The molecule has 0 saturated carbocycles. The predicted octanol–water partition coefficient (Wildman–Crippen LogP) is 3.77. The largest absolute Gasteiger partial charge is 0.312 e. The lowest BCUT2D eigenvalue weighted by atomic mass is 10.1. The minimum atomic E-state index is -0.392. The molecular weight excluding hydrogens is 252 g/mol. The molecule has 0 unspecified atom stereocenters. The summed E-state index contributed by atoms with van der Waals surface area (Å²) in [6.45, 7) is 5.75. The Morgan fingerprint density at radius 1 is 1.44 bits per heavy atom. The van der Waals surface area contributed by atoms with Crippen molar-refractivity contribution in [2.45, 2.75) is 33.2 Å². The molecule has 0 bridgehead atoms. The van der Waals surface area contributed by atoms with Crippen LogP contribution in [0.5, 0.6) is 0 Å². The molecule has 0 heterocycles. The number of nitro groups is 1. The summed E-state index contributed by atoms with van der Waals surface area (Å²) in [6, 6.07) is 4.78. The van der Waals surface area contributed by atoms with Gasteiger partial charge < -0.3 is 5.32 Å². The maximum absolute atomic E-state index is 10.9. The molecule has 1 rings (SSSR count). The van der Waals surface area contributed by atoms with Crippen molar-refractivity contribution >= 4 is 17.3 Å². The fourth-order valence-corrected chi connectivity index (χ4v) is 1.88. The highest BCUT2D eigenvalue weighted by Crippen LogP contribution is 2.22. The molecular formula is C13H19ClN2O2. The van der Waals surface area contributed by atoms with Crippen LogP contribution >= 0.6 is 11.6 Å². The van der Waals surface area contributed by atoms with E-state index in [0.717, 1.165) is 19.4 Å². The van der Waals surface area contributed by atoms with Crippen LogP contribution in [-0.4, -0.2) is 11.5 Å². The Hall–Kier alpha value is -1.13. The summed E-state index contributed by atoms with van der Waals surface area (Å²) in [5.41, 5.74) is 0.757. The molecule has 5 heteroatoms. The van der Waals surface area contributed by atoms with Gasteiger partial charge in [-0.05, 0) is 37.4 Å². The molecule has 1 N–H and O–H groups in total. The van der Waals surface area contributed by atoms with Crippen LogP contribution in [0.25, 0.3) is 0 Å². The zero-order valence-corrected chi connectivity index (χ0v) is 11.5. The van der Waals surface area contributed by atoms with E-state index in [1.165, 1.54) is 6.07 Å². The monoisotopic (exact) mass is 270 g/mol. The quantitative estimate of drug-likeness (QED) is 0.466. The van der Waals surface area contributed by atoms with Gasteiger partial charge in [0, 0.05) is 23.2 Å². The predicted molar refractivity (Wildman–Crippen MR) is 73.9 cm³/mol. The lowest BCUT2D eigenvalue weighted by Gasteiger charge is -2.07. The van der Waals surface area contributed by atoms with Gasteiger partial charge in [-0.2, -0.15) is 0 Å². The first-order valence-corrected chi connectivity index (χ1v) is 6.52. The molecule has 1 aromatic carbocycles. The topological polar surface area (TPSA) is 55.2 Å². The fourth-order valence-electron chi connectivity index (χ4n) is 1.71. The Kier molecular flexibility index (Phi) is 6.09. The minimum Gasteiger partial charge on any atom is -0.312 e. The summed E-state index contributed by atoms with van der Waals surface area (Å²) in [6.07, 6.45) is 2.24. The maximum atomic E-state index is 10.9. The van der Waals surface area contributed by atoms with E-state index < -0.39 is 4.92 Å². The molecule has 0 spiro atoms. The zero-order chi connectivity index (χ0) is 13.5. The SMILES string of the molecule is CC(C)CCCNCc1ccc(Cl)cc1[N+](=O)[O-]. The number of nitro benzene ring substituents is 1. The van der Waals surface area contributed by atoms with Crippen LogP contribution < -0.4 is 5.32 Å². The van der Waals surface area contributed by atoms with Crippen molar-refractivity contribution in [3.8, 4) is 0 Å². The number of nitrogens with one attached hydrogen (secondary N) is 1. The van der Waals surface area contributed by atoms with E-state index in [9.17, 15) is 10.1 Å². The average Bonchev–Trinajstić information content (AvgIpc) is 2.29. The van der Waals surface area contributed by atoms with Crippen LogP contribution in [0.3, 0.4) is 0 Å². The molecule has 0 amide bonds. The second-order valence-corrected chi connectivity index (χ2v) is 5.18. The van der Waals surface area contributed by atoms with E-state index >= 15 is 0 Å². The van der Waals surface area contributed by atoms with Gasteiger partial charge in [-0.1, -0.05) is 25.4 Å². The van der Waals surface area contributed by atoms with Crippen LogP contribution in [0.15, 0.2) is 18.2 Å². The molecule has 4 nitrogen and oxygen atoms in total. The van der Waals surface area contributed by atoms with Crippen molar-refractivity contribution in [2.24, 2.45) is 5.92 Å². The first-order valence-electron chi connectivity index (χ1n) is 6.14. The van der Waals surface area contributed by atoms with Crippen molar-refractivity contribution in [1.29, 1.82) is 0 Å². The first-order chi connectivity index (χ1) is 8.50. The van der Waals surface area contributed by atoms with Crippen molar-refractivity contribution in [3.63, 3.8) is 0 Å². The normalized spacial score (nSPS) is 10.9. The van der Waals surface area contributed by atoms with Gasteiger partial charge >= 0.3 is 0 Å². The molecule has 0 saturated heterocycles. The number of hydrogen-bond donors (Lipinski definition) is 1. The fraction of sp³-hybridized carbons (Fsp3) is 0.538. The summed E-state index contributed by atoms with van der Waals surface area (Å²) in [4.78, 5) is 10.5. The van der Waals surface area contributed by atoms with E-state index in [-0.39, 0.29) is 5.69 Å². The van der Waals surface area contributed by atoms with Crippen LogP contribution in [0.2, 0.25) is 5.02 Å². The Morgan fingerprint density at radius 3 is 2.78 bits per heavy atom. The molecule has 0 aliphatic rings. The van der Waals surface area contributed by atoms with E-state index in [1.54, 1.807) is 12.1 Å². The first kappa shape index (κ1) is 14.9. The number of hydrogen-bond acceptors (Lipinski definition) is 3. The zero-order valence-electron chi connectivity index (χ0n) is 10.8. The standard InChI is InChI=1S/C13H19ClN2O2/c1-10(2)4-3-7-15-9-11-5-6-12(14)8-13(11)16(17)18/h5-6,8,10,15H,3-4,7,9H2,1-2H3. The van der Waals surface area contributed by atoms with Crippen LogP contribution in [0.4, 0.5) is 5.69 Å². The summed E-state index contributed by atoms with van der Waals surface area (Å²) in [7, 11) is 0. The third kappa shape index (κ3) is 5.02. The Balaban J connectivity index is 2.49. The molecule has 100 valence electrons. The summed E-state index contributed by atoms with van der Waals surface area (Å²) in [5.74, 6) is 0.691. The van der Waals surface area contributed by atoms with Crippen molar-refractivity contribution in [1.82, 2.24) is 5.32 Å². The second-order valence-electron chi connectivity index (χ2n) is 4.74. The maximum Gasteiger partial charge on any atom is 0.275 e. The number of rotatable bonds is 7. The van der Waals surface area contributed by atoms with Crippen molar-refractivity contribution < 1.29 is 4.92 Å². The van der Waals surface area contributed by atoms with Crippen LogP contribution in [0.1, 0.15) is 32.3 Å². The van der Waals surface area contributed by atoms with Gasteiger partial charge in [-0.25, -0.2) is 0 Å². The number of nitrogens with zero attached hydrogens (tertiary/aromatic N) is 1. The minimum absolute atomic E-state index is 0.0823. The van der Waals surface area contributed by atoms with Gasteiger partial charge in [-0.15, -0.1) is 0 Å². The molecule has 0 atom stereocenters. The Labute approximate surface area is 112 Å². The highest BCUT2D eigenvalue weighted by atomic mass is 35.5. The Bertz CT molecular complexity index is 408. The summed E-state index contributed by atoms with van der Waals surface area (Å²) >= 11 is 5.75. The molecule has 0 fully saturated rings. The molecule has 0 radical (unpaired) electrons. The highest BCUT2D eigenvalue weighted by molar-refractivity contribution is 6.30. The smallest absolute Gasteiger partial charge is 0.275 e. The molecule has 0 aromatic heterocycles. The van der Waals surface area contributed by atoms with Crippen LogP contribution in [0, 0.1) is 16.0 Å². The highest BCUT2D eigenvalue weighted by Gasteiger charge is 2.13. The average molecular weight is 271 g/mol. The summed E-state index contributed by atoms with van der Waals surface area (Å²) < 4.78 is 0. The van der Waals surface area contributed by atoms with Crippen LogP contribution in [-0.2, 0) is 6.54 Å². The second kappa shape index (κ2) is 7.34. The lowest BCUT2D eigenvalue weighted by molar-refractivity contribution is -0.385. The van der Waals surface area contributed by atoms with Gasteiger partial charge in [-0.3, -0.25) is 10.1 Å². The van der Waals surface area contributed by atoms with E-state index in [0.29, 0.717) is 23.0 Å². The molecule has 18 heavy (non-hydrogen) atoms. The van der Waals surface area contributed by atoms with Gasteiger partial charge in [0.15, 0.2) is 0 Å². The van der Waals surface area contributed by atoms with E-state index in [1.807, 2.05) is 0 Å². The molecule has 1 aromatic rings. The van der Waals surface area contributed by atoms with E-state index in [4.69, 9.17) is 11.6 Å². The third-order valence-electron chi connectivity index (χ3n) is 2.69. The van der Waals surface area contributed by atoms with Crippen molar-refractivity contribution in [3.05, 3.63) is 38.9 Å². The summed E-state index contributed by atoms with van der Waals surface area (Å²) in [5, 5.41) is 14.5. The molecule has 0 aliphatic carbocycles. The number of benzene rings is 1. The lowest BCUT2D eigenvalue weighted by Crippen LogP contribution is -2.16. The number of halogens is 1. The van der Waals surface area contributed by atoms with Gasteiger partial charge in [0.25, 0.3) is 5.69 Å². The van der Waals surface area contributed by atoms with Crippen molar-refractivity contribution in [2.75, 3.05) is 6.54 Å². The van der Waals surface area contributed by atoms with Gasteiger partial charge in [0.05, 0.1) is 4.92 Å². The molecule has 0 aliphatic heterocycles. The van der Waals surface area contributed by atoms with Gasteiger partial charge in [0.1, 0.15) is 0 Å². The Morgan fingerprint density at radius 2 is 2.17 bits per heavy atom.